The number of ether oxygens (including phenoxy) is 2. The summed E-state index contributed by atoms with van der Waals surface area (Å²) in [5.74, 6) is 0.733. The molecule has 2 atom stereocenters. The van der Waals surface area contributed by atoms with E-state index in [1.54, 1.807) is 0 Å². The number of aliphatic hydroxyl groups excluding tert-OH is 1. The van der Waals surface area contributed by atoms with Crippen LogP contribution in [-0.4, -0.2) is 31.0 Å². The van der Waals surface area contributed by atoms with Gasteiger partial charge in [0.2, 0.25) is 0 Å². The van der Waals surface area contributed by atoms with Crippen molar-refractivity contribution in [2.45, 2.75) is 38.9 Å². The molecule has 0 aliphatic heterocycles. The van der Waals surface area contributed by atoms with Crippen molar-refractivity contribution in [3.8, 4) is 5.75 Å². The lowest BCUT2D eigenvalue weighted by Crippen LogP contribution is -2.19. The molecule has 3 N–H and O–H groups in total. The topological polar surface area (TPSA) is 64.7 Å². The largest absolute Gasteiger partial charge is 0.488 e. The van der Waals surface area contributed by atoms with E-state index in [1.165, 1.54) is 0 Å². The van der Waals surface area contributed by atoms with Crippen molar-refractivity contribution in [3.05, 3.63) is 29.8 Å². The normalized spacial score (nSPS) is 14.1. The Labute approximate surface area is 115 Å². The highest BCUT2D eigenvalue weighted by atomic mass is 16.5. The van der Waals surface area contributed by atoms with E-state index < -0.39 is 6.10 Å². The quantitative estimate of drug-likeness (QED) is 0.674. The van der Waals surface area contributed by atoms with E-state index in [-0.39, 0.29) is 12.6 Å². The molecule has 108 valence electrons. The van der Waals surface area contributed by atoms with Gasteiger partial charge in [-0.1, -0.05) is 25.5 Å². The highest BCUT2D eigenvalue weighted by Crippen LogP contribution is 2.19. The van der Waals surface area contributed by atoms with Gasteiger partial charge in [-0.25, -0.2) is 0 Å². The fourth-order valence-electron chi connectivity index (χ4n) is 1.69. The Morgan fingerprint density at radius 2 is 2.16 bits per heavy atom. The van der Waals surface area contributed by atoms with Crippen LogP contribution < -0.4 is 10.5 Å². The minimum Gasteiger partial charge on any atom is -0.488 e. The SMILES string of the molecule is CCCCOC[C@H](C)Oc1cccc([C@H](O)CN)c1. The third-order valence-electron chi connectivity index (χ3n) is 2.80. The zero-order valence-corrected chi connectivity index (χ0v) is 11.8. The Hall–Kier alpha value is -1.10. The molecular formula is C15H25NO3. The smallest absolute Gasteiger partial charge is 0.120 e. The van der Waals surface area contributed by atoms with Gasteiger partial charge >= 0.3 is 0 Å². The van der Waals surface area contributed by atoms with E-state index in [0.29, 0.717) is 6.61 Å². The van der Waals surface area contributed by atoms with E-state index in [9.17, 15) is 5.11 Å². The molecular weight excluding hydrogens is 242 g/mol. The van der Waals surface area contributed by atoms with E-state index >= 15 is 0 Å². The molecule has 0 fully saturated rings. The van der Waals surface area contributed by atoms with Gasteiger partial charge in [0.1, 0.15) is 11.9 Å². The highest BCUT2D eigenvalue weighted by molar-refractivity contribution is 5.30. The van der Waals surface area contributed by atoms with E-state index in [1.807, 2.05) is 31.2 Å². The molecule has 1 aromatic carbocycles. The third kappa shape index (κ3) is 6.05. The molecule has 0 amide bonds. The molecule has 4 heteroatoms. The Kier molecular flexibility index (Phi) is 7.48. The highest BCUT2D eigenvalue weighted by Gasteiger charge is 2.08. The van der Waals surface area contributed by atoms with E-state index in [0.717, 1.165) is 30.8 Å². The Bertz CT molecular complexity index is 357. The second-order valence-electron chi connectivity index (χ2n) is 4.68. The van der Waals surface area contributed by atoms with Crippen LogP contribution in [0, 0.1) is 0 Å². The van der Waals surface area contributed by atoms with Gasteiger partial charge in [0.25, 0.3) is 0 Å². The lowest BCUT2D eigenvalue weighted by atomic mass is 10.1. The summed E-state index contributed by atoms with van der Waals surface area (Å²) < 4.78 is 11.3. The van der Waals surface area contributed by atoms with Gasteiger partial charge < -0.3 is 20.3 Å². The number of rotatable bonds is 9. The van der Waals surface area contributed by atoms with Crippen LogP contribution in [0.4, 0.5) is 0 Å². The van der Waals surface area contributed by atoms with Crippen molar-refractivity contribution in [2.75, 3.05) is 19.8 Å². The first-order chi connectivity index (χ1) is 9.17. The van der Waals surface area contributed by atoms with Crippen LogP contribution in [-0.2, 0) is 4.74 Å². The number of hydrogen-bond donors (Lipinski definition) is 2. The zero-order valence-electron chi connectivity index (χ0n) is 11.8. The third-order valence-corrected chi connectivity index (χ3v) is 2.80. The monoisotopic (exact) mass is 267 g/mol. The van der Waals surface area contributed by atoms with Crippen molar-refractivity contribution in [2.24, 2.45) is 5.73 Å². The van der Waals surface area contributed by atoms with Gasteiger partial charge in [0, 0.05) is 13.2 Å². The number of benzene rings is 1. The first kappa shape index (κ1) is 16.0. The van der Waals surface area contributed by atoms with Crippen LogP contribution in [0.25, 0.3) is 0 Å². The molecule has 0 bridgehead atoms. The predicted molar refractivity (Wildman–Crippen MR) is 76.3 cm³/mol. The van der Waals surface area contributed by atoms with E-state index in [4.69, 9.17) is 15.2 Å². The van der Waals surface area contributed by atoms with Crippen LogP contribution >= 0.6 is 0 Å². The first-order valence-electron chi connectivity index (χ1n) is 6.89. The average Bonchev–Trinajstić information content (AvgIpc) is 2.43. The van der Waals surface area contributed by atoms with Crippen molar-refractivity contribution in [3.63, 3.8) is 0 Å². The Morgan fingerprint density at radius 1 is 1.37 bits per heavy atom. The van der Waals surface area contributed by atoms with Gasteiger partial charge in [-0.05, 0) is 31.0 Å². The molecule has 0 aliphatic carbocycles. The summed E-state index contributed by atoms with van der Waals surface area (Å²) >= 11 is 0. The van der Waals surface area contributed by atoms with Crippen LogP contribution in [0.2, 0.25) is 0 Å². The summed E-state index contributed by atoms with van der Waals surface area (Å²) in [5.41, 5.74) is 6.22. The molecule has 1 aromatic rings. The molecule has 0 saturated heterocycles. The van der Waals surface area contributed by atoms with Crippen LogP contribution in [0.1, 0.15) is 38.4 Å². The maximum absolute atomic E-state index is 9.68. The second-order valence-corrected chi connectivity index (χ2v) is 4.68. The minimum absolute atomic E-state index is 0.0119. The van der Waals surface area contributed by atoms with Crippen molar-refractivity contribution >= 4 is 0 Å². The lowest BCUT2D eigenvalue weighted by Gasteiger charge is -2.16. The van der Waals surface area contributed by atoms with Crippen molar-refractivity contribution < 1.29 is 14.6 Å². The summed E-state index contributed by atoms with van der Waals surface area (Å²) in [6.45, 7) is 5.66. The summed E-state index contributed by atoms with van der Waals surface area (Å²) in [7, 11) is 0. The molecule has 0 aliphatic rings. The molecule has 4 nitrogen and oxygen atoms in total. The molecule has 1 rings (SSSR count). The van der Waals surface area contributed by atoms with Gasteiger partial charge in [0.15, 0.2) is 0 Å². The molecule has 0 aromatic heterocycles. The molecule has 0 radical (unpaired) electrons. The Balaban J connectivity index is 2.43. The number of nitrogens with two attached hydrogens (primary N) is 1. The minimum atomic E-state index is -0.639. The fourth-order valence-corrected chi connectivity index (χ4v) is 1.69. The number of hydrogen-bond acceptors (Lipinski definition) is 4. The summed E-state index contributed by atoms with van der Waals surface area (Å²) in [6.07, 6.45) is 1.56. The number of aliphatic hydroxyl groups is 1. The molecule has 0 unspecified atom stereocenters. The van der Waals surface area contributed by atoms with Gasteiger partial charge in [-0.3, -0.25) is 0 Å². The van der Waals surface area contributed by atoms with Crippen molar-refractivity contribution in [1.29, 1.82) is 0 Å². The fraction of sp³-hybridized carbons (Fsp3) is 0.600. The Morgan fingerprint density at radius 3 is 2.84 bits per heavy atom. The summed E-state index contributed by atoms with van der Waals surface area (Å²) in [5, 5.41) is 9.68. The van der Waals surface area contributed by atoms with Crippen LogP contribution in [0.5, 0.6) is 5.75 Å². The first-order valence-corrected chi connectivity index (χ1v) is 6.89. The van der Waals surface area contributed by atoms with E-state index in [2.05, 4.69) is 6.92 Å². The summed E-state index contributed by atoms with van der Waals surface area (Å²) in [6, 6.07) is 7.39. The van der Waals surface area contributed by atoms with Crippen molar-refractivity contribution in [1.82, 2.24) is 0 Å². The molecule has 0 spiro atoms. The molecule has 0 heterocycles. The maximum atomic E-state index is 9.68. The molecule has 0 saturated carbocycles. The van der Waals surface area contributed by atoms with Crippen LogP contribution in [0.15, 0.2) is 24.3 Å². The summed E-state index contributed by atoms with van der Waals surface area (Å²) in [4.78, 5) is 0. The van der Waals surface area contributed by atoms with Crippen LogP contribution in [0.3, 0.4) is 0 Å². The van der Waals surface area contributed by atoms with Gasteiger partial charge in [0.05, 0.1) is 12.7 Å². The molecule has 19 heavy (non-hydrogen) atoms. The average molecular weight is 267 g/mol. The lowest BCUT2D eigenvalue weighted by molar-refractivity contribution is 0.0570. The second kappa shape index (κ2) is 8.91. The maximum Gasteiger partial charge on any atom is 0.120 e. The van der Waals surface area contributed by atoms with Gasteiger partial charge in [-0.15, -0.1) is 0 Å². The zero-order chi connectivity index (χ0) is 14.1. The number of unbranched alkanes of at least 4 members (excludes halogenated alkanes) is 1. The standard InChI is InChI=1S/C15H25NO3/c1-3-4-8-18-11-12(2)19-14-7-5-6-13(9-14)15(17)10-16/h5-7,9,12,15,17H,3-4,8,10-11,16H2,1-2H3/t12-,15+/m0/s1. The van der Waals surface area contributed by atoms with Gasteiger partial charge in [-0.2, -0.15) is 0 Å². The predicted octanol–water partition coefficient (Wildman–Crippen LogP) is 2.26.